The number of aliphatic hydroxyl groups is 2. The summed E-state index contributed by atoms with van der Waals surface area (Å²) in [6.45, 7) is 9.19. The Morgan fingerprint density at radius 3 is 2.33 bits per heavy atom. The molecule has 2 spiro atoms. The van der Waals surface area contributed by atoms with Gasteiger partial charge in [0, 0.05) is 41.2 Å². The van der Waals surface area contributed by atoms with E-state index in [0.29, 0.717) is 12.2 Å². The van der Waals surface area contributed by atoms with Crippen LogP contribution in [0.25, 0.3) is 0 Å². The molecule has 6 aliphatic carbocycles. The molecule has 6 heteroatoms. The Kier molecular flexibility index (Phi) is 6.50. The normalized spacial score (nSPS) is 51.9. The second-order valence-electron chi connectivity index (χ2n) is 16.0. The SMILES string of the molecule is C[C@@H]([C@H]1[C@H](O)C[C@@]2(C)[C@@H]3CC[C@@H]4C5(CC[C@H](NC(=O)C6CCCCC6)[C@@]4(C)CO)C[C@@]35C(=O)C[C@]12C)N(C)C. The summed E-state index contributed by atoms with van der Waals surface area (Å²) in [6, 6.07) is 0.180. The van der Waals surface area contributed by atoms with Gasteiger partial charge in [0.2, 0.25) is 5.91 Å². The van der Waals surface area contributed by atoms with Crippen molar-refractivity contribution >= 4 is 11.7 Å². The van der Waals surface area contributed by atoms with Crippen LogP contribution < -0.4 is 5.32 Å². The first-order valence-corrected chi connectivity index (χ1v) is 16.1. The maximum Gasteiger partial charge on any atom is 0.223 e. The number of hydrogen-bond acceptors (Lipinski definition) is 5. The minimum Gasteiger partial charge on any atom is -0.396 e. The summed E-state index contributed by atoms with van der Waals surface area (Å²) in [7, 11) is 4.18. The Bertz CT molecular complexity index is 1030. The van der Waals surface area contributed by atoms with Crippen LogP contribution in [-0.4, -0.2) is 65.7 Å². The molecule has 39 heavy (non-hydrogen) atoms. The van der Waals surface area contributed by atoms with E-state index < -0.39 is 5.41 Å². The number of carbonyl (C=O) groups excluding carboxylic acids is 2. The monoisotopic (exact) mass is 542 g/mol. The number of carbonyl (C=O) groups is 2. The quantitative estimate of drug-likeness (QED) is 0.474. The molecular weight excluding hydrogens is 488 g/mol. The van der Waals surface area contributed by atoms with Crippen molar-refractivity contribution in [3.8, 4) is 0 Å². The van der Waals surface area contributed by atoms with Gasteiger partial charge < -0.3 is 20.4 Å². The number of rotatable bonds is 5. The van der Waals surface area contributed by atoms with Gasteiger partial charge in [-0.25, -0.2) is 0 Å². The smallest absolute Gasteiger partial charge is 0.223 e. The number of Topliss-reactive ketones (excluding diaryl/α,β-unsaturated/α-hetero) is 1. The number of fused-ring (bicyclic) bond motifs is 2. The van der Waals surface area contributed by atoms with Gasteiger partial charge in [0.1, 0.15) is 5.78 Å². The lowest BCUT2D eigenvalue weighted by atomic mass is 9.41. The third-order valence-electron chi connectivity index (χ3n) is 14.7. The molecule has 6 nitrogen and oxygen atoms in total. The molecule has 1 amide bonds. The van der Waals surface area contributed by atoms with E-state index in [1.807, 2.05) is 0 Å². The summed E-state index contributed by atoms with van der Waals surface area (Å²) in [5.41, 5.74) is -1.07. The van der Waals surface area contributed by atoms with Crippen molar-refractivity contribution in [2.45, 2.75) is 123 Å². The largest absolute Gasteiger partial charge is 0.396 e. The molecular formula is C33H54N2O4. The second-order valence-corrected chi connectivity index (χ2v) is 16.0. The molecule has 0 aromatic carbocycles. The average Bonchev–Trinajstić information content (AvgIpc) is 3.54. The van der Waals surface area contributed by atoms with E-state index in [1.165, 1.54) is 6.42 Å². The summed E-state index contributed by atoms with van der Waals surface area (Å²) in [6.07, 6.45) is 11.2. The Morgan fingerprint density at radius 2 is 1.69 bits per heavy atom. The maximum absolute atomic E-state index is 14.5. The van der Waals surface area contributed by atoms with Crippen LogP contribution in [0.5, 0.6) is 0 Å². The summed E-state index contributed by atoms with van der Waals surface area (Å²) < 4.78 is 0. The molecule has 6 rings (SSSR count). The van der Waals surface area contributed by atoms with Gasteiger partial charge in [0.15, 0.2) is 0 Å². The molecule has 3 N–H and O–H groups in total. The van der Waals surface area contributed by atoms with Gasteiger partial charge in [-0.05, 0) is 100 Å². The predicted octanol–water partition coefficient (Wildman–Crippen LogP) is 4.56. The van der Waals surface area contributed by atoms with Crippen molar-refractivity contribution in [3.05, 3.63) is 0 Å². The van der Waals surface area contributed by atoms with Crippen molar-refractivity contribution in [1.82, 2.24) is 10.2 Å². The zero-order chi connectivity index (χ0) is 28.2. The first-order valence-electron chi connectivity index (χ1n) is 16.1. The van der Waals surface area contributed by atoms with Gasteiger partial charge in [-0.15, -0.1) is 0 Å². The van der Waals surface area contributed by atoms with Crippen LogP contribution >= 0.6 is 0 Å². The van der Waals surface area contributed by atoms with Crippen molar-refractivity contribution in [3.63, 3.8) is 0 Å². The third kappa shape index (κ3) is 3.43. The van der Waals surface area contributed by atoms with Crippen LogP contribution in [0.15, 0.2) is 0 Å². The molecule has 0 aromatic rings. The Balaban J connectivity index is 1.30. The van der Waals surface area contributed by atoms with Crippen LogP contribution in [0.1, 0.15) is 105 Å². The zero-order valence-corrected chi connectivity index (χ0v) is 25.4. The molecule has 6 saturated carbocycles. The van der Waals surface area contributed by atoms with E-state index in [9.17, 15) is 19.8 Å². The molecule has 0 aliphatic heterocycles. The highest BCUT2D eigenvalue weighted by atomic mass is 16.3. The molecule has 0 heterocycles. The minimum atomic E-state index is -0.407. The predicted molar refractivity (Wildman–Crippen MR) is 152 cm³/mol. The average molecular weight is 543 g/mol. The van der Waals surface area contributed by atoms with Crippen molar-refractivity contribution < 1.29 is 19.8 Å². The van der Waals surface area contributed by atoms with Gasteiger partial charge in [0.25, 0.3) is 0 Å². The standard InChI is InChI=1S/C33H54N2O4/c1-20(35(5)6)27-22(37)16-30(3)24-13-12-23-29(2,19-36)25(34-28(39)21-10-8-7-9-11-21)14-15-32(23)18-33(24,32)26(38)17-31(27,30)4/h20-25,27,36-37H,7-19H2,1-6H3,(H,34,39)/t20-,22+,23-,24-,25-,27-,29-,30-,31+,32?,33-/m0/s1. The number of amides is 1. The molecule has 0 aromatic heterocycles. The summed E-state index contributed by atoms with van der Waals surface area (Å²) in [5, 5.41) is 25.9. The lowest BCUT2D eigenvalue weighted by Gasteiger charge is -2.63. The summed E-state index contributed by atoms with van der Waals surface area (Å²) in [5.74, 6) is 1.36. The molecule has 0 saturated heterocycles. The molecule has 1 unspecified atom stereocenters. The summed E-state index contributed by atoms with van der Waals surface area (Å²) >= 11 is 0. The van der Waals surface area contributed by atoms with Gasteiger partial charge in [-0.1, -0.05) is 40.0 Å². The number of nitrogens with one attached hydrogen (secondary N) is 1. The first kappa shape index (κ1) is 28.2. The minimum absolute atomic E-state index is 0.0279. The molecule has 0 radical (unpaired) electrons. The fourth-order valence-electron chi connectivity index (χ4n) is 12.3. The molecule has 6 aliphatic rings. The fraction of sp³-hybridized carbons (Fsp3) is 0.939. The van der Waals surface area contributed by atoms with E-state index in [-0.39, 0.29) is 76.0 Å². The summed E-state index contributed by atoms with van der Waals surface area (Å²) in [4.78, 5) is 30.0. The Labute approximate surface area is 236 Å². The topological polar surface area (TPSA) is 89.9 Å². The highest BCUT2D eigenvalue weighted by Crippen LogP contribution is 2.87. The van der Waals surface area contributed by atoms with Crippen molar-refractivity contribution in [2.75, 3.05) is 20.7 Å². The van der Waals surface area contributed by atoms with E-state index in [2.05, 4.69) is 52.0 Å². The Morgan fingerprint density at radius 1 is 1.03 bits per heavy atom. The van der Waals surface area contributed by atoms with E-state index in [0.717, 1.165) is 64.2 Å². The zero-order valence-electron chi connectivity index (χ0n) is 25.4. The number of ketones is 1. The molecule has 0 bridgehead atoms. The van der Waals surface area contributed by atoms with Crippen LogP contribution in [0.2, 0.25) is 0 Å². The van der Waals surface area contributed by atoms with Crippen LogP contribution in [-0.2, 0) is 9.59 Å². The van der Waals surface area contributed by atoms with Gasteiger partial charge in [0.05, 0.1) is 12.7 Å². The van der Waals surface area contributed by atoms with Crippen LogP contribution in [0.3, 0.4) is 0 Å². The number of nitrogens with zero attached hydrogens (tertiary/aromatic N) is 1. The van der Waals surface area contributed by atoms with Crippen LogP contribution in [0.4, 0.5) is 0 Å². The lowest BCUT2D eigenvalue weighted by Crippen LogP contribution is -2.64. The van der Waals surface area contributed by atoms with E-state index in [1.54, 1.807) is 0 Å². The van der Waals surface area contributed by atoms with Crippen molar-refractivity contribution in [2.24, 2.45) is 50.7 Å². The molecule has 11 atom stereocenters. The highest BCUT2D eigenvalue weighted by molar-refractivity contribution is 5.92. The van der Waals surface area contributed by atoms with E-state index >= 15 is 0 Å². The Hall–Kier alpha value is -0.980. The third-order valence-corrected chi connectivity index (χ3v) is 14.7. The van der Waals surface area contributed by atoms with Crippen LogP contribution in [0, 0.1) is 50.7 Å². The molecule has 6 fully saturated rings. The molecule has 220 valence electrons. The van der Waals surface area contributed by atoms with Gasteiger partial charge >= 0.3 is 0 Å². The van der Waals surface area contributed by atoms with Gasteiger partial charge in [-0.2, -0.15) is 0 Å². The number of aliphatic hydroxyl groups excluding tert-OH is 2. The fourth-order valence-corrected chi connectivity index (χ4v) is 12.3. The first-order chi connectivity index (χ1) is 18.3. The van der Waals surface area contributed by atoms with E-state index in [4.69, 9.17) is 0 Å². The van der Waals surface area contributed by atoms with Crippen molar-refractivity contribution in [1.29, 1.82) is 0 Å². The highest BCUT2D eigenvalue weighted by Gasteiger charge is 2.86. The van der Waals surface area contributed by atoms with Gasteiger partial charge in [-0.3, -0.25) is 9.59 Å². The number of hydrogen-bond donors (Lipinski definition) is 3. The lowest BCUT2D eigenvalue weighted by molar-refractivity contribution is -0.173. The second kappa shape index (κ2) is 9.01. The maximum atomic E-state index is 14.5.